The fraction of sp³-hybridized carbons (Fsp3) is 0.706. The Hall–Kier alpha value is -0.900. The number of ether oxygens (including phenoxy) is 3. The van der Waals surface area contributed by atoms with Crippen molar-refractivity contribution >= 4 is 11.8 Å². The number of aliphatic hydroxyl groups excluding tert-OH is 7. The topological polar surface area (TPSA) is 182 Å². The van der Waals surface area contributed by atoms with Crippen LogP contribution in [0.15, 0.2) is 29.4 Å². The maximum absolute atomic E-state index is 10.5. The zero-order valence-corrected chi connectivity index (χ0v) is 16.0. The molecule has 10 atom stereocenters. The molecule has 0 radical (unpaired) electrons. The Balaban J connectivity index is 1.71. The molecular weight excluding hydrogens is 410 g/mol. The van der Waals surface area contributed by atoms with Crippen LogP contribution in [0, 0.1) is 0 Å². The second-order valence-electron chi connectivity index (χ2n) is 6.79. The SMILES string of the molecule is OC[C@H]1O[C@@H](O[C@H]2[C@H](O)[C@@H](O)[C@H](Sc3ccccn3)O[C@@H]2CO)[C@H](O)[C@@H](O)[C@H]1O. The van der Waals surface area contributed by atoms with E-state index in [1.54, 1.807) is 24.4 Å². The molecule has 7 N–H and O–H groups in total. The van der Waals surface area contributed by atoms with E-state index in [1.165, 1.54) is 0 Å². The van der Waals surface area contributed by atoms with Gasteiger partial charge in [-0.15, -0.1) is 0 Å². The van der Waals surface area contributed by atoms with Crippen molar-refractivity contribution in [2.45, 2.75) is 65.6 Å². The number of aromatic nitrogens is 1. The molecule has 0 saturated carbocycles. The van der Waals surface area contributed by atoms with E-state index in [4.69, 9.17) is 14.2 Å². The van der Waals surface area contributed by atoms with Gasteiger partial charge in [0.15, 0.2) is 6.29 Å². The van der Waals surface area contributed by atoms with Crippen molar-refractivity contribution in [1.29, 1.82) is 0 Å². The summed E-state index contributed by atoms with van der Waals surface area (Å²) in [7, 11) is 0. The van der Waals surface area contributed by atoms with Gasteiger partial charge in [-0.1, -0.05) is 17.8 Å². The molecule has 0 unspecified atom stereocenters. The zero-order valence-electron chi connectivity index (χ0n) is 15.2. The fourth-order valence-corrected chi connectivity index (χ4v) is 4.20. The summed E-state index contributed by atoms with van der Waals surface area (Å²) in [6.07, 6.45) is -11.5. The number of hydrogen-bond acceptors (Lipinski definition) is 12. The van der Waals surface area contributed by atoms with Gasteiger partial charge >= 0.3 is 0 Å². The van der Waals surface area contributed by atoms with Crippen LogP contribution in [0.25, 0.3) is 0 Å². The smallest absolute Gasteiger partial charge is 0.187 e. The average Bonchev–Trinajstić information content (AvgIpc) is 2.74. The minimum Gasteiger partial charge on any atom is -0.394 e. The van der Waals surface area contributed by atoms with E-state index in [1.807, 2.05) is 0 Å². The molecule has 0 spiro atoms. The molecule has 3 heterocycles. The predicted octanol–water partition coefficient (Wildman–Crippen LogP) is -3.20. The monoisotopic (exact) mass is 435 g/mol. The third-order valence-electron chi connectivity index (χ3n) is 4.84. The number of thioether (sulfide) groups is 1. The molecule has 2 fully saturated rings. The molecule has 0 amide bonds. The summed E-state index contributed by atoms with van der Waals surface area (Å²) >= 11 is 1.05. The van der Waals surface area contributed by atoms with Gasteiger partial charge in [-0.25, -0.2) is 4.98 Å². The standard InChI is InChI=1S/C17H25NO10S/c19-5-7-10(21)11(22)13(24)16(26-7)28-15-8(6-20)27-17(14(25)12(15)23)29-9-3-1-2-4-18-9/h1-4,7-8,10-17,19-25H,5-6H2/t7-,8-,10+,11+,12-,13-,14-,15-,16+,17+/m1/s1. The highest BCUT2D eigenvalue weighted by Crippen LogP contribution is 2.35. The zero-order chi connectivity index (χ0) is 21.1. The van der Waals surface area contributed by atoms with Gasteiger partial charge in [0, 0.05) is 6.20 Å². The Morgan fingerprint density at radius 1 is 0.862 bits per heavy atom. The van der Waals surface area contributed by atoms with E-state index in [2.05, 4.69) is 4.98 Å². The molecule has 3 rings (SSSR count). The Morgan fingerprint density at radius 2 is 1.59 bits per heavy atom. The van der Waals surface area contributed by atoms with Crippen molar-refractivity contribution in [3.63, 3.8) is 0 Å². The fourth-order valence-electron chi connectivity index (χ4n) is 3.19. The number of pyridine rings is 1. The molecule has 2 saturated heterocycles. The van der Waals surface area contributed by atoms with Crippen LogP contribution < -0.4 is 0 Å². The van der Waals surface area contributed by atoms with Gasteiger partial charge in [0.25, 0.3) is 0 Å². The second-order valence-corrected chi connectivity index (χ2v) is 7.91. The molecule has 0 aromatic carbocycles. The van der Waals surface area contributed by atoms with Gasteiger partial charge < -0.3 is 50.0 Å². The highest BCUT2D eigenvalue weighted by Gasteiger charge is 2.50. The predicted molar refractivity (Wildman–Crippen MR) is 96.5 cm³/mol. The van der Waals surface area contributed by atoms with E-state index in [0.717, 1.165) is 11.8 Å². The van der Waals surface area contributed by atoms with Crippen molar-refractivity contribution in [2.75, 3.05) is 13.2 Å². The van der Waals surface area contributed by atoms with E-state index < -0.39 is 73.8 Å². The average molecular weight is 435 g/mol. The van der Waals surface area contributed by atoms with Crippen molar-refractivity contribution in [3.8, 4) is 0 Å². The summed E-state index contributed by atoms with van der Waals surface area (Å²) in [5.74, 6) is 0. The van der Waals surface area contributed by atoms with E-state index in [0.29, 0.717) is 5.03 Å². The Labute approximate surface area is 170 Å². The minimum atomic E-state index is -1.70. The summed E-state index contributed by atoms with van der Waals surface area (Å²) in [6.45, 7) is -1.23. The van der Waals surface area contributed by atoms with Gasteiger partial charge in [-0.05, 0) is 12.1 Å². The van der Waals surface area contributed by atoms with Gasteiger partial charge in [-0.2, -0.15) is 0 Å². The van der Waals surface area contributed by atoms with Crippen molar-refractivity contribution in [2.24, 2.45) is 0 Å². The summed E-state index contributed by atoms with van der Waals surface area (Å²) < 4.78 is 16.4. The van der Waals surface area contributed by atoms with Crippen LogP contribution in [0.5, 0.6) is 0 Å². The first-order valence-corrected chi connectivity index (χ1v) is 9.91. The highest BCUT2D eigenvalue weighted by molar-refractivity contribution is 7.99. The van der Waals surface area contributed by atoms with Gasteiger partial charge in [0.05, 0.1) is 18.2 Å². The Morgan fingerprint density at radius 3 is 2.21 bits per heavy atom. The van der Waals surface area contributed by atoms with Gasteiger partial charge in [0.1, 0.15) is 54.3 Å². The highest BCUT2D eigenvalue weighted by atomic mass is 32.2. The van der Waals surface area contributed by atoms with E-state index in [-0.39, 0.29) is 0 Å². The Kier molecular flexibility index (Phi) is 7.81. The number of aliphatic hydroxyl groups is 7. The molecule has 0 aliphatic carbocycles. The van der Waals surface area contributed by atoms with Crippen molar-refractivity contribution in [1.82, 2.24) is 4.98 Å². The van der Waals surface area contributed by atoms with Crippen molar-refractivity contribution < 1.29 is 50.0 Å². The largest absolute Gasteiger partial charge is 0.394 e. The van der Waals surface area contributed by atoms with Crippen LogP contribution in [-0.2, 0) is 14.2 Å². The molecule has 1 aromatic rings. The van der Waals surface area contributed by atoms with Crippen molar-refractivity contribution in [3.05, 3.63) is 24.4 Å². The maximum Gasteiger partial charge on any atom is 0.187 e. The first-order valence-electron chi connectivity index (χ1n) is 9.03. The van der Waals surface area contributed by atoms with E-state index >= 15 is 0 Å². The van der Waals surface area contributed by atoms with E-state index in [9.17, 15) is 35.7 Å². The summed E-state index contributed by atoms with van der Waals surface area (Å²) in [4.78, 5) is 4.11. The maximum atomic E-state index is 10.5. The summed E-state index contributed by atoms with van der Waals surface area (Å²) in [5, 5.41) is 70.3. The summed E-state index contributed by atoms with van der Waals surface area (Å²) in [5.41, 5.74) is -0.952. The molecule has 12 heteroatoms. The molecule has 11 nitrogen and oxygen atoms in total. The molecule has 164 valence electrons. The van der Waals surface area contributed by atoms with Crippen LogP contribution in [-0.4, -0.2) is 115 Å². The van der Waals surface area contributed by atoms with Crippen LogP contribution in [0.4, 0.5) is 0 Å². The third kappa shape index (κ3) is 4.89. The van der Waals surface area contributed by atoms with Crippen LogP contribution in [0.1, 0.15) is 0 Å². The molecular formula is C17H25NO10S. The molecule has 2 aliphatic rings. The van der Waals surface area contributed by atoms with Crippen LogP contribution >= 0.6 is 11.8 Å². The molecule has 0 bridgehead atoms. The number of hydrogen-bond donors (Lipinski definition) is 7. The van der Waals surface area contributed by atoms with Gasteiger partial charge in [0.2, 0.25) is 0 Å². The lowest BCUT2D eigenvalue weighted by molar-refractivity contribution is -0.338. The number of nitrogens with zero attached hydrogens (tertiary/aromatic N) is 1. The quantitative estimate of drug-likeness (QED) is 0.238. The van der Waals surface area contributed by atoms with Crippen LogP contribution in [0.2, 0.25) is 0 Å². The Bertz CT molecular complexity index is 638. The molecule has 1 aromatic heterocycles. The second kappa shape index (κ2) is 9.94. The minimum absolute atomic E-state index is 0.536. The lowest BCUT2D eigenvalue weighted by atomic mass is 9.97. The first kappa shape index (κ1) is 22.8. The lowest BCUT2D eigenvalue weighted by Gasteiger charge is -2.45. The third-order valence-corrected chi connectivity index (χ3v) is 5.94. The first-order chi connectivity index (χ1) is 13.9. The molecule has 29 heavy (non-hydrogen) atoms. The normalized spacial score (nSPS) is 43.3. The summed E-state index contributed by atoms with van der Waals surface area (Å²) in [6, 6.07) is 5.16. The lowest BCUT2D eigenvalue weighted by Crippen LogP contribution is -2.64. The number of rotatable bonds is 6. The van der Waals surface area contributed by atoms with Gasteiger partial charge in [-0.3, -0.25) is 0 Å². The van der Waals surface area contributed by atoms with Crippen LogP contribution in [0.3, 0.4) is 0 Å². The molecule has 2 aliphatic heterocycles.